The minimum absolute atomic E-state index is 0.00374. The molecule has 3 heterocycles. The molecule has 0 bridgehead atoms. The maximum atomic E-state index is 13.9. The van der Waals surface area contributed by atoms with Gasteiger partial charge in [0, 0.05) is 138 Å². The van der Waals surface area contributed by atoms with Gasteiger partial charge in [-0.2, -0.15) is 0 Å². The molecule has 4 rings (SSSR count). The second-order valence-electron chi connectivity index (χ2n) is 32.6. The maximum absolute atomic E-state index is 13.9. The summed E-state index contributed by atoms with van der Waals surface area (Å²) in [6.45, 7) is 4.51. The van der Waals surface area contributed by atoms with Gasteiger partial charge in [0.1, 0.15) is 73.1 Å². The van der Waals surface area contributed by atoms with Crippen molar-refractivity contribution in [2.24, 2.45) is 11.8 Å². The van der Waals surface area contributed by atoms with Gasteiger partial charge in [-0.15, -0.1) is 0 Å². The first-order valence-electron chi connectivity index (χ1n) is 44.8. The Balaban J connectivity index is 1.24. The molecule has 732 valence electrons. The number of unbranched alkanes of at least 4 members (excludes halogenated alkanes) is 12. The molecule has 0 aromatic heterocycles. The number of hydrogen-bond acceptors (Lipinski definition) is 32. The smallest absolute Gasteiger partial charge is 0.395 e. The van der Waals surface area contributed by atoms with E-state index in [1.807, 2.05) is 0 Å². The van der Waals surface area contributed by atoms with Crippen molar-refractivity contribution >= 4 is 68.8 Å². The zero-order valence-electron chi connectivity index (χ0n) is 74.1. The zero-order chi connectivity index (χ0) is 93.0. The van der Waals surface area contributed by atoms with Crippen molar-refractivity contribution in [1.82, 2.24) is 46.6 Å². The van der Waals surface area contributed by atoms with Crippen LogP contribution in [0.5, 0.6) is 0 Å². The van der Waals surface area contributed by atoms with Crippen LogP contribution in [0, 0.1) is 11.8 Å². The third kappa shape index (κ3) is 45.7. The predicted octanol–water partition coefficient (Wildman–Crippen LogP) is -0.445. The lowest BCUT2D eigenvalue weighted by Crippen LogP contribution is -2.64. The lowest BCUT2D eigenvalue weighted by atomic mass is 9.80. The van der Waals surface area contributed by atoms with Gasteiger partial charge in [-0.25, -0.2) is 9.13 Å². The number of hydrogen-bond donors (Lipinski definition) is 18. The molecule has 19 unspecified atom stereocenters. The minimum atomic E-state index is -4.87. The number of rotatable bonds is 68. The molecule has 3 aliphatic heterocycles. The van der Waals surface area contributed by atoms with Crippen molar-refractivity contribution in [2.45, 2.75) is 312 Å². The molecule has 43 nitrogen and oxygen atoms in total. The molecule has 4 aliphatic rings. The molecule has 0 aromatic carbocycles. The second kappa shape index (κ2) is 63.8. The molecular formula is C81H149N9O34P2. The number of ether oxygens (including phenoxy) is 7. The van der Waals surface area contributed by atoms with Gasteiger partial charge >= 0.3 is 15.6 Å². The molecule has 0 aromatic rings. The van der Waals surface area contributed by atoms with Crippen molar-refractivity contribution in [3.63, 3.8) is 0 Å². The van der Waals surface area contributed by atoms with Crippen LogP contribution in [0.15, 0.2) is 0 Å². The molecule has 0 spiro atoms. The van der Waals surface area contributed by atoms with Crippen LogP contribution in [0.1, 0.15) is 214 Å². The fraction of sp³-hybridized carbons (Fsp3) is 0.889. The van der Waals surface area contributed by atoms with Crippen molar-refractivity contribution in [3.8, 4) is 0 Å². The maximum Gasteiger partial charge on any atom is 0.472 e. The van der Waals surface area contributed by atoms with Crippen LogP contribution < -0.4 is 31.9 Å². The summed E-state index contributed by atoms with van der Waals surface area (Å²) in [6, 6.07) is -3.21. The van der Waals surface area contributed by atoms with Gasteiger partial charge in [-0.1, -0.05) is 65.2 Å². The van der Waals surface area contributed by atoms with Gasteiger partial charge in [0.2, 0.25) is 53.2 Å². The second-order valence-corrected chi connectivity index (χ2v) is 35.5. The van der Waals surface area contributed by atoms with E-state index >= 15 is 0 Å². The largest absolute Gasteiger partial charge is 0.472 e. The molecule has 19 atom stereocenters. The highest BCUT2D eigenvalue weighted by Gasteiger charge is 2.48. The van der Waals surface area contributed by atoms with Crippen LogP contribution in [0.4, 0.5) is 0 Å². The van der Waals surface area contributed by atoms with E-state index in [2.05, 4.69) is 45.7 Å². The van der Waals surface area contributed by atoms with E-state index in [1.165, 1.54) is 35.5 Å². The third-order valence-corrected chi connectivity index (χ3v) is 24.2. The summed E-state index contributed by atoms with van der Waals surface area (Å²) in [7, 11) is -9.74. The van der Waals surface area contributed by atoms with Crippen LogP contribution in [0.3, 0.4) is 0 Å². The average molecular weight is 1860 g/mol. The van der Waals surface area contributed by atoms with Gasteiger partial charge in [0.25, 0.3) is 0 Å². The molecule has 45 heteroatoms. The number of phosphoric acid groups is 2. The molecular weight excluding hydrogens is 1700 g/mol. The molecule has 1 saturated carbocycles. The highest BCUT2D eigenvalue weighted by atomic mass is 31.2. The van der Waals surface area contributed by atoms with Crippen LogP contribution in [0.25, 0.3) is 0 Å². The zero-order valence-corrected chi connectivity index (χ0v) is 75.9. The van der Waals surface area contributed by atoms with E-state index in [4.69, 9.17) is 51.3 Å². The first kappa shape index (κ1) is 113. The third-order valence-electron chi connectivity index (χ3n) is 22.1. The Morgan fingerprint density at radius 1 is 0.373 bits per heavy atom. The van der Waals surface area contributed by atoms with E-state index in [9.17, 15) is 113 Å². The Morgan fingerprint density at radius 2 is 0.667 bits per heavy atom. The minimum Gasteiger partial charge on any atom is -0.395 e. The van der Waals surface area contributed by atoms with Crippen LogP contribution in [-0.4, -0.2) is 365 Å². The predicted molar refractivity (Wildman–Crippen MR) is 451 cm³/mol. The number of phosphoric ester groups is 2. The molecule has 3 saturated heterocycles. The Hall–Kier alpha value is -5.23. The van der Waals surface area contributed by atoms with E-state index in [0.29, 0.717) is 141 Å². The number of nitrogens with one attached hydrogen (secondary N) is 6. The summed E-state index contributed by atoms with van der Waals surface area (Å²) >= 11 is 0. The van der Waals surface area contributed by atoms with Gasteiger partial charge in [-0.05, 0) is 102 Å². The van der Waals surface area contributed by atoms with Crippen LogP contribution >= 0.6 is 15.6 Å². The van der Waals surface area contributed by atoms with Crippen LogP contribution in [0.2, 0.25) is 0 Å². The molecule has 0 radical (unpaired) electrons. The van der Waals surface area contributed by atoms with Crippen molar-refractivity contribution in [1.29, 1.82) is 0 Å². The van der Waals surface area contributed by atoms with Crippen molar-refractivity contribution in [3.05, 3.63) is 0 Å². The van der Waals surface area contributed by atoms with E-state index in [0.717, 1.165) is 25.7 Å². The highest BCUT2D eigenvalue weighted by Crippen LogP contribution is 2.44. The van der Waals surface area contributed by atoms with Gasteiger partial charge in [-0.3, -0.25) is 61.2 Å². The highest BCUT2D eigenvalue weighted by molar-refractivity contribution is 7.47. The van der Waals surface area contributed by atoms with Gasteiger partial charge in [0.15, 0.2) is 18.9 Å². The topological polar surface area (TPSA) is 614 Å². The Labute approximate surface area is 739 Å². The number of nitrogens with zero attached hydrogens (tertiary/aromatic N) is 3. The molecule has 4 fully saturated rings. The number of carbonyl (C=O) groups is 9. The average Bonchev–Trinajstić information content (AvgIpc) is 0.815. The molecule has 18 N–H and O–H groups in total. The quantitative estimate of drug-likeness (QED) is 0.0271. The number of aliphatic hydroxyl groups excluding tert-OH is 10. The van der Waals surface area contributed by atoms with Gasteiger partial charge < -0.3 is 141 Å². The summed E-state index contributed by atoms with van der Waals surface area (Å²) in [5, 5.41) is 117. The SMILES string of the molecule is CC(=O)NC1C(OCCCCCC(=O)NCCCCCC(=O)N(CCO)CCOP(=O)(O)OCCN(CCOP(=O)(O)OCCN(CCOC2CCCC(C(C)C)C2)C(=O)CCCCCNC(=O)CCCCCOC2OC(CO)C(O)C(O)C2NC(C)=O)C(=O)CCCCCNC(=O)CCCCCOC2OC(CO)C(O)C(O)C2NC(C)=O)OC(CO)C(O)C1O. The van der Waals surface area contributed by atoms with Crippen molar-refractivity contribution in [2.75, 3.05) is 138 Å². The number of carbonyl (C=O) groups excluding carboxylic acids is 9. The summed E-state index contributed by atoms with van der Waals surface area (Å²) in [6.07, 6.45) is -1.49. The molecule has 126 heavy (non-hydrogen) atoms. The summed E-state index contributed by atoms with van der Waals surface area (Å²) in [5.41, 5.74) is 0. The lowest BCUT2D eigenvalue weighted by molar-refractivity contribution is -0.270. The first-order chi connectivity index (χ1) is 60.1. The summed E-state index contributed by atoms with van der Waals surface area (Å²) in [4.78, 5) is 140. The first-order valence-corrected chi connectivity index (χ1v) is 47.8. The summed E-state index contributed by atoms with van der Waals surface area (Å²) in [5.74, 6) is -2.15. The van der Waals surface area contributed by atoms with E-state index in [1.54, 1.807) is 0 Å². The fourth-order valence-corrected chi connectivity index (χ4v) is 16.3. The van der Waals surface area contributed by atoms with E-state index < -0.39 is 184 Å². The number of aliphatic hydroxyl groups is 10. The normalized spacial score (nSPS) is 25.4. The van der Waals surface area contributed by atoms with Crippen molar-refractivity contribution < 1.29 is 164 Å². The molecule has 1 aliphatic carbocycles. The summed E-state index contributed by atoms with van der Waals surface area (Å²) < 4.78 is 88.1. The Morgan fingerprint density at radius 3 is 0.960 bits per heavy atom. The van der Waals surface area contributed by atoms with E-state index in [-0.39, 0.29) is 146 Å². The number of amides is 9. The standard InChI is InChI=1S/C81H149N9O34P2/c1-55(2)59-25-24-26-60(51-59)114-46-37-89(68(102)31-16-7-19-34-83-65(99)28-13-10-22-44-116-80-71(86-57(4)96)77(108)74(105)62(53-93)123-80)39-48-119-126(112,113)121-50-41-90(69(103)32-17-8-20-35-84-66(100)29-14-11-23-45-117-81-72(87-58(5)97)78(109)75(106)63(54-94)124-81)40-49-120-125(110,111)118-47-38-88(36-42-91)67(101)30-15-6-18-33-82-64(98)27-12-9-21-43-115-79-70(85-56(3)95)76(107)73(104)61(52-92)122-79/h55,59-63,70-81,91-94,104-109H,6-54H2,1-5H3,(H,82,98)(H,83,99)(H,84,100)(H,85,95)(H,86,96)(H,87,97)(H,110,111)(H,112,113). The van der Waals surface area contributed by atoms with Crippen LogP contribution in [-0.2, 0) is 104 Å². The Bertz CT molecular complexity index is 3220. The fourth-order valence-electron chi connectivity index (χ4n) is 14.9. The Kier molecular flexibility index (Phi) is 57.2. The van der Waals surface area contributed by atoms with Gasteiger partial charge in [0.05, 0.1) is 65.6 Å². The lowest BCUT2D eigenvalue weighted by Gasteiger charge is -2.42. The molecule has 9 amide bonds. The monoisotopic (exact) mass is 1850 g/mol.